The van der Waals surface area contributed by atoms with Gasteiger partial charge in [-0.05, 0) is 27.7 Å². The van der Waals surface area contributed by atoms with Crippen LogP contribution in [0.3, 0.4) is 0 Å². The first-order valence-electron chi connectivity index (χ1n) is 5.03. The second-order valence-electron chi connectivity index (χ2n) is 3.12. The van der Waals surface area contributed by atoms with E-state index in [1.807, 2.05) is 27.7 Å². The normalized spacial score (nSPS) is 9.29. The predicted molar refractivity (Wildman–Crippen MR) is 66.8 cm³/mol. The molecule has 0 spiro atoms. The van der Waals surface area contributed by atoms with E-state index in [-0.39, 0.29) is 0 Å². The maximum absolute atomic E-state index is 9.10. The standard InChI is InChI=1S/C6H14O2.2C2H6.B2/c1-5(2,7)6(3,4)8;3*1-2/h7-8H,1-4H3;2*1-2H3;. The van der Waals surface area contributed by atoms with Crippen LogP contribution in [0.4, 0.5) is 0 Å². The molecule has 84 valence electrons. The molecule has 2 nitrogen and oxygen atoms in total. The summed E-state index contributed by atoms with van der Waals surface area (Å²) in [6, 6.07) is 0. The van der Waals surface area contributed by atoms with E-state index in [9.17, 15) is 0 Å². The maximum atomic E-state index is 9.10. The molecule has 4 radical (unpaired) electrons. The second-order valence-corrected chi connectivity index (χ2v) is 3.12. The van der Waals surface area contributed by atoms with Crippen molar-refractivity contribution in [3.63, 3.8) is 0 Å². The van der Waals surface area contributed by atoms with Crippen molar-refractivity contribution in [3.05, 3.63) is 0 Å². The van der Waals surface area contributed by atoms with E-state index in [2.05, 4.69) is 15.5 Å². The van der Waals surface area contributed by atoms with Gasteiger partial charge in [-0.15, -0.1) is 0 Å². The van der Waals surface area contributed by atoms with Crippen LogP contribution in [0.15, 0.2) is 0 Å². The Morgan fingerprint density at radius 2 is 0.714 bits per heavy atom. The van der Waals surface area contributed by atoms with Crippen molar-refractivity contribution < 1.29 is 10.2 Å². The predicted octanol–water partition coefficient (Wildman–Crippen LogP) is 1.82. The highest BCUT2D eigenvalue weighted by Gasteiger charge is 2.31. The molecule has 0 aromatic carbocycles. The van der Waals surface area contributed by atoms with Gasteiger partial charge in [0.1, 0.15) is 0 Å². The minimum absolute atomic E-state index is 1.01. The van der Waals surface area contributed by atoms with E-state index < -0.39 is 11.2 Å². The van der Waals surface area contributed by atoms with Gasteiger partial charge in [0.2, 0.25) is 0 Å². The Morgan fingerprint density at radius 3 is 0.714 bits per heavy atom. The molecule has 0 aliphatic carbocycles. The molecule has 0 bridgehead atoms. The SMILES string of the molecule is CC.CC.CC(C)(O)C(C)(C)O.[B][B]. The first-order chi connectivity index (χ1) is 6.25. The molecule has 0 heterocycles. The highest BCUT2D eigenvalue weighted by molar-refractivity contribution is 6.75. The molecule has 0 aromatic rings. The lowest BCUT2D eigenvalue weighted by molar-refractivity contribution is -0.107. The Bertz CT molecular complexity index is 71.1. The first-order valence-corrected chi connectivity index (χ1v) is 5.03. The molecule has 0 saturated carbocycles. The number of hydrogen-bond donors (Lipinski definition) is 2. The molecule has 0 aliphatic rings. The first kappa shape index (κ1) is 23.7. The van der Waals surface area contributed by atoms with Gasteiger partial charge in [0, 0.05) is 15.5 Å². The Balaban J connectivity index is -0.0000000708. The fourth-order valence-electron chi connectivity index (χ4n) is 0. The van der Waals surface area contributed by atoms with E-state index in [1.54, 1.807) is 27.7 Å². The molecule has 0 amide bonds. The number of aliphatic hydroxyl groups is 2. The smallest absolute Gasteiger partial charge is 0.0872 e. The third kappa shape index (κ3) is 18.0. The van der Waals surface area contributed by atoms with Crippen LogP contribution in [0.2, 0.25) is 0 Å². The van der Waals surface area contributed by atoms with E-state index in [0.29, 0.717) is 0 Å². The third-order valence-corrected chi connectivity index (χ3v) is 1.50. The lowest BCUT2D eigenvalue weighted by atomic mass is 9.81. The molecule has 0 unspecified atom stereocenters. The largest absolute Gasteiger partial charge is 0.387 e. The summed E-state index contributed by atoms with van der Waals surface area (Å²) in [5.41, 5.74) is -2.01. The molecule has 4 heteroatoms. The average molecular weight is 200 g/mol. The fourth-order valence-corrected chi connectivity index (χ4v) is 0. The van der Waals surface area contributed by atoms with Gasteiger partial charge in [-0.25, -0.2) is 0 Å². The van der Waals surface area contributed by atoms with Gasteiger partial charge in [-0.2, -0.15) is 0 Å². The molecule has 0 saturated heterocycles. The molecule has 0 rings (SSSR count). The highest BCUT2D eigenvalue weighted by Crippen LogP contribution is 2.19. The second kappa shape index (κ2) is 13.0. The van der Waals surface area contributed by atoms with Crippen LogP contribution in [-0.2, 0) is 0 Å². The minimum atomic E-state index is -1.01. The molecule has 0 atom stereocenters. The molecule has 0 aromatic heterocycles. The van der Waals surface area contributed by atoms with Crippen molar-refractivity contribution in [2.45, 2.75) is 66.6 Å². The molecular formula is C10H26B2O2. The Labute approximate surface area is 92.9 Å². The van der Waals surface area contributed by atoms with Crippen molar-refractivity contribution in [2.24, 2.45) is 0 Å². The summed E-state index contributed by atoms with van der Waals surface area (Å²) >= 11 is 0. The monoisotopic (exact) mass is 200 g/mol. The zero-order chi connectivity index (χ0) is 13.0. The van der Waals surface area contributed by atoms with Crippen molar-refractivity contribution in [1.29, 1.82) is 0 Å². The minimum Gasteiger partial charge on any atom is -0.387 e. The molecule has 0 fully saturated rings. The van der Waals surface area contributed by atoms with Crippen molar-refractivity contribution >= 4 is 15.5 Å². The summed E-state index contributed by atoms with van der Waals surface area (Å²) in [7, 11) is 8.00. The number of hydrogen-bond acceptors (Lipinski definition) is 2. The topological polar surface area (TPSA) is 40.5 Å². The van der Waals surface area contributed by atoms with E-state index in [1.165, 1.54) is 0 Å². The zero-order valence-electron chi connectivity index (χ0n) is 11.0. The lowest BCUT2D eigenvalue weighted by Gasteiger charge is -2.31. The number of rotatable bonds is 1. The van der Waals surface area contributed by atoms with Crippen LogP contribution in [0.1, 0.15) is 55.4 Å². The Morgan fingerprint density at radius 1 is 0.643 bits per heavy atom. The summed E-state index contributed by atoms with van der Waals surface area (Å²) in [4.78, 5) is 0. The average Bonchev–Trinajstić information content (AvgIpc) is 2.11. The van der Waals surface area contributed by atoms with Crippen LogP contribution in [0, 0.1) is 0 Å². The van der Waals surface area contributed by atoms with Gasteiger partial charge >= 0.3 is 0 Å². The summed E-state index contributed by atoms with van der Waals surface area (Å²) in [6.45, 7) is 14.3. The van der Waals surface area contributed by atoms with Gasteiger partial charge in [0.25, 0.3) is 0 Å². The van der Waals surface area contributed by atoms with Gasteiger partial charge in [-0.3, -0.25) is 0 Å². The van der Waals surface area contributed by atoms with Crippen LogP contribution < -0.4 is 0 Å². The van der Waals surface area contributed by atoms with Crippen molar-refractivity contribution in [2.75, 3.05) is 0 Å². The zero-order valence-corrected chi connectivity index (χ0v) is 11.0. The van der Waals surface area contributed by atoms with E-state index in [4.69, 9.17) is 10.2 Å². The summed E-state index contributed by atoms with van der Waals surface area (Å²) in [6.07, 6.45) is 0. The van der Waals surface area contributed by atoms with E-state index in [0.717, 1.165) is 0 Å². The third-order valence-electron chi connectivity index (χ3n) is 1.50. The quantitative estimate of drug-likeness (QED) is 0.633. The van der Waals surface area contributed by atoms with Crippen LogP contribution in [0.25, 0.3) is 0 Å². The fraction of sp³-hybridized carbons (Fsp3) is 1.00. The summed E-state index contributed by atoms with van der Waals surface area (Å²) < 4.78 is 0. The summed E-state index contributed by atoms with van der Waals surface area (Å²) in [5.74, 6) is 0. The highest BCUT2D eigenvalue weighted by atomic mass is 16.3. The molecule has 0 aliphatic heterocycles. The van der Waals surface area contributed by atoms with Gasteiger partial charge in [-0.1, -0.05) is 27.7 Å². The van der Waals surface area contributed by atoms with Gasteiger partial charge < -0.3 is 10.2 Å². The molecular weight excluding hydrogens is 174 g/mol. The summed E-state index contributed by atoms with van der Waals surface area (Å²) in [5, 5.41) is 18.2. The Hall–Kier alpha value is 0.0499. The van der Waals surface area contributed by atoms with Crippen molar-refractivity contribution in [1.82, 2.24) is 0 Å². The van der Waals surface area contributed by atoms with Gasteiger partial charge in [0.15, 0.2) is 0 Å². The van der Waals surface area contributed by atoms with Crippen LogP contribution in [-0.4, -0.2) is 36.9 Å². The Kier molecular flexibility index (Phi) is 22.1. The van der Waals surface area contributed by atoms with Crippen LogP contribution >= 0.6 is 0 Å². The molecule has 2 N–H and O–H groups in total. The van der Waals surface area contributed by atoms with Gasteiger partial charge in [0.05, 0.1) is 11.2 Å². The maximum Gasteiger partial charge on any atom is 0.0872 e. The van der Waals surface area contributed by atoms with Crippen LogP contribution in [0.5, 0.6) is 0 Å². The lowest BCUT2D eigenvalue weighted by Crippen LogP contribution is -2.44. The van der Waals surface area contributed by atoms with Crippen molar-refractivity contribution in [3.8, 4) is 0 Å². The molecule has 14 heavy (non-hydrogen) atoms. The van der Waals surface area contributed by atoms with E-state index >= 15 is 0 Å².